The molecule has 0 aliphatic rings. The van der Waals surface area contributed by atoms with E-state index in [0.29, 0.717) is 23.9 Å². The van der Waals surface area contributed by atoms with E-state index in [1.54, 1.807) is 49.5 Å². The minimum atomic E-state index is -0.868. The maximum atomic E-state index is 11.1. The number of pyridine rings is 1. The maximum absolute atomic E-state index is 11.1. The Balaban J connectivity index is 2.12. The van der Waals surface area contributed by atoms with Gasteiger partial charge in [0.05, 0.1) is 0 Å². The van der Waals surface area contributed by atoms with E-state index in [2.05, 4.69) is 4.98 Å². The molecular formula is C17H19ClN2O3. The van der Waals surface area contributed by atoms with Crippen LogP contribution < -0.4 is 4.74 Å². The first-order chi connectivity index (χ1) is 11.0. The molecule has 5 nitrogen and oxygen atoms in total. The minimum Gasteiger partial charge on any atom is -0.489 e. The van der Waals surface area contributed by atoms with Crippen molar-refractivity contribution in [3.8, 4) is 5.75 Å². The molecule has 1 aromatic carbocycles. The molecule has 0 aliphatic heterocycles. The van der Waals surface area contributed by atoms with Gasteiger partial charge in [0.1, 0.15) is 18.4 Å². The highest BCUT2D eigenvalue weighted by atomic mass is 35.5. The van der Waals surface area contributed by atoms with Crippen molar-refractivity contribution in [2.45, 2.75) is 26.1 Å². The van der Waals surface area contributed by atoms with E-state index in [1.807, 2.05) is 12.1 Å². The molecule has 1 heterocycles. The lowest BCUT2D eigenvalue weighted by molar-refractivity contribution is -0.142. The molecule has 0 saturated heterocycles. The summed E-state index contributed by atoms with van der Waals surface area (Å²) in [5, 5.41) is 9.69. The Morgan fingerprint density at radius 3 is 2.87 bits per heavy atom. The Morgan fingerprint density at radius 1 is 1.43 bits per heavy atom. The quantitative estimate of drug-likeness (QED) is 0.842. The summed E-state index contributed by atoms with van der Waals surface area (Å²) in [6, 6.07) is 8.54. The van der Waals surface area contributed by atoms with Crippen LogP contribution >= 0.6 is 11.6 Å². The van der Waals surface area contributed by atoms with Gasteiger partial charge in [-0.3, -0.25) is 14.7 Å². The molecule has 2 rings (SSSR count). The Labute approximate surface area is 140 Å². The Bertz CT molecular complexity index is 664. The fourth-order valence-corrected chi connectivity index (χ4v) is 2.25. The number of hydrogen-bond donors (Lipinski definition) is 1. The number of rotatable bonds is 7. The van der Waals surface area contributed by atoms with Gasteiger partial charge >= 0.3 is 5.97 Å². The molecule has 1 unspecified atom stereocenters. The van der Waals surface area contributed by atoms with Gasteiger partial charge in [-0.2, -0.15) is 0 Å². The first-order valence-corrected chi connectivity index (χ1v) is 7.58. The molecule has 0 amide bonds. The number of nitrogens with zero attached hydrogens (tertiary/aromatic N) is 2. The highest BCUT2D eigenvalue weighted by Crippen LogP contribution is 2.25. The minimum absolute atomic E-state index is 0.390. The Kier molecular flexibility index (Phi) is 5.96. The number of benzene rings is 1. The highest BCUT2D eigenvalue weighted by Gasteiger charge is 2.18. The molecule has 0 spiro atoms. The molecule has 0 radical (unpaired) electrons. The van der Waals surface area contributed by atoms with Crippen LogP contribution in [0.15, 0.2) is 42.7 Å². The maximum Gasteiger partial charge on any atom is 0.320 e. The Hall–Kier alpha value is -2.11. The van der Waals surface area contributed by atoms with E-state index >= 15 is 0 Å². The number of carboxylic acid groups (broad SMARTS) is 1. The van der Waals surface area contributed by atoms with E-state index < -0.39 is 12.0 Å². The van der Waals surface area contributed by atoms with Crippen molar-refractivity contribution in [2.24, 2.45) is 0 Å². The Morgan fingerprint density at radius 2 is 2.22 bits per heavy atom. The number of halogens is 1. The zero-order chi connectivity index (χ0) is 16.8. The van der Waals surface area contributed by atoms with E-state index in [-0.39, 0.29) is 0 Å². The fourth-order valence-electron chi connectivity index (χ4n) is 2.05. The zero-order valence-corrected chi connectivity index (χ0v) is 13.8. The van der Waals surface area contributed by atoms with Gasteiger partial charge in [-0.25, -0.2) is 0 Å². The second kappa shape index (κ2) is 7.94. The monoisotopic (exact) mass is 334 g/mol. The molecule has 2 aromatic rings. The normalized spacial score (nSPS) is 12.2. The number of ether oxygens (including phenoxy) is 1. The lowest BCUT2D eigenvalue weighted by atomic mass is 10.1. The number of carboxylic acids is 1. The summed E-state index contributed by atoms with van der Waals surface area (Å²) in [5.41, 5.74) is 1.80. The standard InChI is InChI=1S/C17H19ClN2O3/c1-12(17(21)22)20(2)10-14-8-15(18)5-6-16(14)23-11-13-4-3-7-19-9-13/h3-9,12H,10-11H2,1-2H3,(H,21,22). The van der Waals surface area contributed by atoms with Crippen molar-refractivity contribution in [1.29, 1.82) is 0 Å². The van der Waals surface area contributed by atoms with Gasteiger partial charge in [-0.15, -0.1) is 0 Å². The highest BCUT2D eigenvalue weighted by molar-refractivity contribution is 6.30. The third-order valence-corrected chi connectivity index (χ3v) is 3.81. The fraction of sp³-hybridized carbons (Fsp3) is 0.294. The molecular weight excluding hydrogens is 316 g/mol. The van der Waals surface area contributed by atoms with Crippen LogP contribution in [-0.2, 0) is 17.9 Å². The molecule has 1 aromatic heterocycles. The third-order valence-electron chi connectivity index (χ3n) is 3.58. The summed E-state index contributed by atoms with van der Waals surface area (Å²) in [7, 11) is 1.75. The topological polar surface area (TPSA) is 62.7 Å². The predicted molar refractivity (Wildman–Crippen MR) is 88.6 cm³/mol. The summed E-state index contributed by atoms with van der Waals surface area (Å²) in [5.74, 6) is -0.185. The van der Waals surface area contributed by atoms with Gasteiger partial charge in [0.2, 0.25) is 0 Å². The molecule has 0 aliphatic carbocycles. The van der Waals surface area contributed by atoms with E-state index in [4.69, 9.17) is 21.4 Å². The summed E-state index contributed by atoms with van der Waals surface area (Å²) >= 11 is 6.06. The average molecular weight is 335 g/mol. The SMILES string of the molecule is CC(C(=O)O)N(C)Cc1cc(Cl)ccc1OCc1cccnc1. The molecule has 0 saturated carbocycles. The molecule has 0 fully saturated rings. The second-order valence-corrected chi connectivity index (χ2v) is 5.77. The van der Waals surface area contributed by atoms with Crippen molar-refractivity contribution in [2.75, 3.05) is 7.05 Å². The van der Waals surface area contributed by atoms with Crippen LogP contribution in [0.4, 0.5) is 0 Å². The molecule has 1 atom stereocenters. The van der Waals surface area contributed by atoms with Crippen LogP contribution in [0.3, 0.4) is 0 Å². The van der Waals surface area contributed by atoms with Crippen molar-refractivity contribution in [1.82, 2.24) is 9.88 Å². The molecule has 0 bridgehead atoms. The average Bonchev–Trinajstić information content (AvgIpc) is 2.54. The zero-order valence-electron chi connectivity index (χ0n) is 13.1. The van der Waals surface area contributed by atoms with Crippen LogP contribution in [0.25, 0.3) is 0 Å². The number of aromatic nitrogens is 1. The van der Waals surface area contributed by atoms with E-state index in [1.165, 1.54) is 0 Å². The predicted octanol–water partition coefficient (Wildman–Crippen LogP) is 3.22. The molecule has 122 valence electrons. The van der Waals surface area contributed by atoms with Crippen molar-refractivity contribution in [3.05, 3.63) is 58.9 Å². The summed E-state index contributed by atoms with van der Waals surface area (Å²) in [6.07, 6.45) is 3.45. The number of aliphatic carboxylic acids is 1. The molecule has 23 heavy (non-hydrogen) atoms. The second-order valence-electron chi connectivity index (χ2n) is 5.33. The van der Waals surface area contributed by atoms with Crippen LogP contribution in [0.2, 0.25) is 5.02 Å². The largest absolute Gasteiger partial charge is 0.489 e. The smallest absolute Gasteiger partial charge is 0.320 e. The van der Waals surface area contributed by atoms with Crippen molar-refractivity contribution < 1.29 is 14.6 Å². The van der Waals surface area contributed by atoms with Crippen LogP contribution in [0, 0.1) is 0 Å². The van der Waals surface area contributed by atoms with Crippen LogP contribution in [0.1, 0.15) is 18.1 Å². The van der Waals surface area contributed by atoms with Gasteiger partial charge < -0.3 is 9.84 Å². The van der Waals surface area contributed by atoms with Crippen LogP contribution in [0.5, 0.6) is 5.75 Å². The van der Waals surface area contributed by atoms with Gasteiger partial charge in [0.15, 0.2) is 0 Å². The first-order valence-electron chi connectivity index (χ1n) is 7.20. The van der Waals surface area contributed by atoms with Gasteiger partial charge in [0.25, 0.3) is 0 Å². The van der Waals surface area contributed by atoms with Crippen molar-refractivity contribution >= 4 is 17.6 Å². The van der Waals surface area contributed by atoms with E-state index in [9.17, 15) is 4.79 Å². The van der Waals surface area contributed by atoms with Gasteiger partial charge in [-0.05, 0) is 38.2 Å². The van der Waals surface area contributed by atoms with Gasteiger partial charge in [-0.1, -0.05) is 17.7 Å². The lowest BCUT2D eigenvalue weighted by Gasteiger charge is -2.22. The lowest BCUT2D eigenvalue weighted by Crippen LogP contribution is -2.35. The number of likely N-dealkylation sites (N-methyl/N-ethyl adjacent to an activating group) is 1. The number of carbonyl (C=O) groups is 1. The summed E-state index contributed by atoms with van der Waals surface area (Å²) < 4.78 is 5.85. The first kappa shape index (κ1) is 17.2. The number of hydrogen-bond acceptors (Lipinski definition) is 4. The summed E-state index contributed by atoms with van der Waals surface area (Å²) in [4.78, 5) is 16.9. The third kappa shape index (κ3) is 4.94. The van der Waals surface area contributed by atoms with Gasteiger partial charge in [0, 0.05) is 35.1 Å². The van der Waals surface area contributed by atoms with E-state index in [0.717, 1.165) is 11.1 Å². The summed E-state index contributed by atoms with van der Waals surface area (Å²) in [6.45, 7) is 2.46. The van der Waals surface area contributed by atoms with Crippen molar-refractivity contribution in [3.63, 3.8) is 0 Å². The molecule has 1 N–H and O–H groups in total. The molecule has 6 heteroatoms. The van der Waals surface area contributed by atoms with Crippen LogP contribution in [-0.4, -0.2) is 34.0 Å².